The highest BCUT2D eigenvalue weighted by Crippen LogP contribution is 2.33. The van der Waals surface area contributed by atoms with Gasteiger partial charge in [0.05, 0.1) is 35.1 Å². The third kappa shape index (κ3) is 4.11. The predicted octanol–water partition coefficient (Wildman–Crippen LogP) is 4.83. The van der Waals surface area contributed by atoms with E-state index in [4.69, 9.17) is 35.2 Å². The van der Waals surface area contributed by atoms with Crippen molar-refractivity contribution < 1.29 is 18.6 Å². The number of pyridine rings is 1. The summed E-state index contributed by atoms with van der Waals surface area (Å²) in [4.78, 5) is 26.1. The minimum Gasteiger partial charge on any atom is -0.456 e. The van der Waals surface area contributed by atoms with E-state index in [9.17, 15) is 4.79 Å². The second-order valence-corrected chi connectivity index (χ2v) is 9.49. The maximum atomic E-state index is 11.2. The number of H-pyrrole nitrogens is 2. The van der Waals surface area contributed by atoms with E-state index in [2.05, 4.69) is 15.0 Å². The average Bonchev–Trinajstić information content (AvgIpc) is 3.70. The van der Waals surface area contributed by atoms with Gasteiger partial charge in [-0.15, -0.1) is 0 Å². The molecule has 2 fully saturated rings. The van der Waals surface area contributed by atoms with Crippen LogP contribution in [0.15, 0.2) is 70.0 Å². The predicted molar refractivity (Wildman–Crippen MR) is 137 cm³/mol. The normalized spacial score (nSPS) is 20.9. The molecular formula is C27H21ClN4O5. The van der Waals surface area contributed by atoms with Crippen LogP contribution in [-0.2, 0) is 9.47 Å². The van der Waals surface area contributed by atoms with Gasteiger partial charge >= 0.3 is 5.76 Å². The van der Waals surface area contributed by atoms with E-state index in [-0.39, 0.29) is 18.3 Å². The Bertz CT molecular complexity index is 1640. The van der Waals surface area contributed by atoms with Crippen LogP contribution >= 0.6 is 11.6 Å². The highest BCUT2D eigenvalue weighted by Gasteiger charge is 2.43. The number of imidazole rings is 1. The lowest BCUT2D eigenvalue weighted by atomic mass is 10.0. The third-order valence-electron chi connectivity index (χ3n) is 6.77. The summed E-state index contributed by atoms with van der Waals surface area (Å²) in [6.07, 6.45) is 2.27. The maximum absolute atomic E-state index is 11.2. The lowest BCUT2D eigenvalue weighted by Crippen LogP contribution is -2.32. The Balaban J connectivity index is 1.12. The summed E-state index contributed by atoms with van der Waals surface area (Å²) < 4.78 is 22.7. The fourth-order valence-electron chi connectivity index (χ4n) is 4.90. The fourth-order valence-corrected chi connectivity index (χ4v) is 5.16. The number of hydrogen-bond donors (Lipinski definition) is 2. The molecule has 0 spiro atoms. The number of fused-ring (bicyclic) bond motifs is 2. The van der Waals surface area contributed by atoms with Gasteiger partial charge in [0.1, 0.15) is 6.10 Å². The summed E-state index contributed by atoms with van der Waals surface area (Å²) in [7, 11) is 0. The van der Waals surface area contributed by atoms with E-state index in [1.807, 2.05) is 54.6 Å². The van der Waals surface area contributed by atoms with Crippen molar-refractivity contribution >= 4 is 22.8 Å². The fraction of sp³-hybridized carbons (Fsp3) is 0.222. The Morgan fingerprint density at radius 1 is 0.946 bits per heavy atom. The molecule has 186 valence electrons. The molecule has 2 aromatic carbocycles. The second-order valence-electron chi connectivity index (χ2n) is 9.08. The highest BCUT2D eigenvalue weighted by atomic mass is 35.5. The van der Waals surface area contributed by atoms with Crippen molar-refractivity contribution in [2.75, 3.05) is 13.2 Å². The molecule has 2 N–H and O–H groups in total. The summed E-state index contributed by atoms with van der Waals surface area (Å²) in [5.74, 6) is 0.0292. The van der Waals surface area contributed by atoms with Crippen LogP contribution < -0.4 is 10.5 Å². The van der Waals surface area contributed by atoms with Gasteiger partial charge in [0.2, 0.25) is 0 Å². The van der Waals surface area contributed by atoms with Gasteiger partial charge in [-0.2, -0.15) is 4.98 Å². The number of nitrogens with one attached hydrogen (secondary N) is 2. The minimum absolute atomic E-state index is 0.0654. The van der Waals surface area contributed by atoms with Crippen molar-refractivity contribution in [2.24, 2.45) is 0 Å². The molecule has 2 saturated heterocycles. The molecule has 3 unspecified atom stereocenters. The van der Waals surface area contributed by atoms with Crippen molar-refractivity contribution in [3.8, 4) is 39.7 Å². The lowest BCUT2D eigenvalue weighted by Gasteiger charge is -2.15. The van der Waals surface area contributed by atoms with Gasteiger partial charge in [-0.3, -0.25) is 4.98 Å². The molecular weight excluding hydrogens is 496 g/mol. The number of hydrogen-bond acceptors (Lipinski definition) is 7. The highest BCUT2D eigenvalue weighted by molar-refractivity contribution is 6.33. The van der Waals surface area contributed by atoms with E-state index >= 15 is 0 Å². The topological polar surface area (TPSA) is 115 Å². The van der Waals surface area contributed by atoms with Gasteiger partial charge in [0.25, 0.3) is 6.01 Å². The van der Waals surface area contributed by atoms with Crippen molar-refractivity contribution in [1.29, 1.82) is 0 Å². The van der Waals surface area contributed by atoms with E-state index in [0.29, 0.717) is 46.9 Å². The van der Waals surface area contributed by atoms with E-state index < -0.39 is 5.76 Å². The Kier molecular flexibility index (Phi) is 5.35. The standard InChI is InChI=1S/C27H21ClN4O5/c28-18-11-19-25(32-26(30-19)36-22-13-35-20-9-10-34-24(20)22)31-23(18)17-7-3-15(4-8-17)14-1-5-16(6-2-14)21-12-29-27(33)37-21/h1-8,11-12,20,22,24H,9-10,13H2,(H,29,33)(H,30,31,32). The molecule has 0 aliphatic carbocycles. The number of ether oxygens (including phenoxy) is 3. The van der Waals surface area contributed by atoms with Gasteiger partial charge in [-0.1, -0.05) is 60.1 Å². The Morgan fingerprint density at radius 3 is 2.41 bits per heavy atom. The largest absolute Gasteiger partial charge is 0.456 e. The summed E-state index contributed by atoms with van der Waals surface area (Å²) in [5, 5.41) is 0.510. The summed E-state index contributed by atoms with van der Waals surface area (Å²) in [6.45, 7) is 1.16. The van der Waals surface area contributed by atoms with Crippen LogP contribution in [0.4, 0.5) is 0 Å². The van der Waals surface area contributed by atoms with Gasteiger partial charge in [0, 0.05) is 17.7 Å². The quantitative estimate of drug-likeness (QED) is 0.344. The summed E-state index contributed by atoms with van der Waals surface area (Å²) in [6, 6.07) is 18.0. The smallest absolute Gasteiger partial charge is 0.416 e. The van der Waals surface area contributed by atoms with Crippen molar-refractivity contribution in [1.82, 2.24) is 19.9 Å². The van der Waals surface area contributed by atoms with E-state index in [1.54, 1.807) is 6.20 Å². The number of aromatic nitrogens is 4. The summed E-state index contributed by atoms with van der Waals surface area (Å²) in [5.41, 5.74) is 5.61. The lowest BCUT2D eigenvalue weighted by molar-refractivity contribution is 0.0273. The zero-order valence-electron chi connectivity index (χ0n) is 19.4. The number of aromatic amines is 2. The monoisotopic (exact) mass is 516 g/mol. The van der Waals surface area contributed by atoms with E-state index in [1.165, 1.54) is 0 Å². The number of benzene rings is 2. The zero-order chi connectivity index (χ0) is 24.9. The second kappa shape index (κ2) is 8.88. The van der Waals surface area contributed by atoms with Gasteiger partial charge < -0.3 is 23.6 Å². The molecule has 0 amide bonds. The molecule has 0 saturated carbocycles. The van der Waals surface area contributed by atoms with Gasteiger partial charge in [-0.25, -0.2) is 9.78 Å². The number of oxazole rings is 1. The zero-order valence-corrected chi connectivity index (χ0v) is 20.2. The Hall–Kier alpha value is -3.92. The third-order valence-corrected chi connectivity index (χ3v) is 7.06. The molecule has 2 aliphatic rings. The molecule has 3 aromatic heterocycles. The van der Waals surface area contributed by atoms with Crippen molar-refractivity contribution in [3.63, 3.8) is 0 Å². The Labute approximate surface area is 215 Å². The molecule has 10 heteroatoms. The molecule has 0 radical (unpaired) electrons. The van der Waals surface area contributed by atoms with Gasteiger partial charge in [0.15, 0.2) is 17.5 Å². The minimum atomic E-state index is -0.473. The first-order valence-corrected chi connectivity index (χ1v) is 12.3. The van der Waals surface area contributed by atoms with Crippen molar-refractivity contribution in [3.05, 3.63) is 76.4 Å². The number of rotatable bonds is 5. The van der Waals surface area contributed by atoms with Crippen LogP contribution in [0, 0.1) is 0 Å². The Morgan fingerprint density at radius 2 is 1.68 bits per heavy atom. The first-order valence-electron chi connectivity index (χ1n) is 12.0. The molecule has 9 nitrogen and oxygen atoms in total. The first kappa shape index (κ1) is 22.3. The van der Waals surface area contributed by atoms with Crippen LogP contribution in [-0.4, -0.2) is 51.5 Å². The molecule has 37 heavy (non-hydrogen) atoms. The molecule has 2 aliphatic heterocycles. The van der Waals surface area contributed by atoms with Crippen LogP contribution in [0.1, 0.15) is 6.42 Å². The van der Waals surface area contributed by atoms with Crippen LogP contribution in [0.3, 0.4) is 0 Å². The van der Waals surface area contributed by atoms with E-state index in [0.717, 1.165) is 28.7 Å². The molecule has 3 atom stereocenters. The SMILES string of the molecule is O=c1[nH]cc(-c2ccc(-c3ccc(-c4nc5nc(OC6COC7CCOC76)[nH]c5cc4Cl)cc3)cc2)o1. The number of halogens is 1. The first-order chi connectivity index (χ1) is 18.1. The number of nitrogens with zero attached hydrogens (tertiary/aromatic N) is 2. The van der Waals surface area contributed by atoms with Gasteiger partial charge in [-0.05, 0) is 23.6 Å². The van der Waals surface area contributed by atoms with Crippen molar-refractivity contribution in [2.45, 2.75) is 24.7 Å². The molecule has 5 heterocycles. The average molecular weight is 517 g/mol. The van der Waals surface area contributed by atoms with Crippen LogP contribution in [0.25, 0.3) is 44.9 Å². The van der Waals surface area contributed by atoms with Crippen LogP contribution in [0.2, 0.25) is 5.02 Å². The molecule has 0 bridgehead atoms. The summed E-state index contributed by atoms with van der Waals surface area (Å²) >= 11 is 6.60. The molecule has 5 aromatic rings. The van der Waals surface area contributed by atoms with Crippen LogP contribution in [0.5, 0.6) is 6.01 Å². The molecule has 7 rings (SSSR count). The maximum Gasteiger partial charge on any atom is 0.416 e.